The van der Waals surface area contributed by atoms with Gasteiger partial charge in [-0.2, -0.15) is 0 Å². The molecule has 1 aromatic heterocycles. The summed E-state index contributed by atoms with van der Waals surface area (Å²) in [7, 11) is 0. The Kier molecular flexibility index (Phi) is 3.90. The molecule has 0 amide bonds. The van der Waals surface area contributed by atoms with Crippen LogP contribution in [0.15, 0.2) is 16.5 Å². The van der Waals surface area contributed by atoms with Gasteiger partial charge in [0.2, 0.25) is 0 Å². The first-order chi connectivity index (χ1) is 8.90. The monoisotopic (exact) mass is 267 g/mol. The molecular weight excluding hydrogens is 248 g/mol. The third-order valence-corrected chi connectivity index (χ3v) is 3.07. The van der Waals surface area contributed by atoms with Gasteiger partial charge in [0.1, 0.15) is 23.0 Å². The highest BCUT2D eigenvalue weighted by Gasteiger charge is 2.20. The minimum absolute atomic E-state index is 0.116. The molecule has 0 saturated heterocycles. The quantitative estimate of drug-likeness (QED) is 0.891. The lowest BCUT2D eigenvalue weighted by atomic mass is 9.99. The van der Waals surface area contributed by atoms with Crippen LogP contribution in [0.2, 0.25) is 0 Å². The summed E-state index contributed by atoms with van der Waals surface area (Å²) in [5, 5.41) is 3.64. The number of nitrogens with one attached hydrogen (secondary N) is 1. The summed E-state index contributed by atoms with van der Waals surface area (Å²) in [6, 6.07) is 2.45. The van der Waals surface area contributed by atoms with Crippen molar-refractivity contribution in [2.45, 2.75) is 46.2 Å². The summed E-state index contributed by atoms with van der Waals surface area (Å²) in [6.45, 7) is 8.52. The fraction of sp³-hybridized carbons (Fsp3) is 0.467. The van der Waals surface area contributed by atoms with Crippen LogP contribution in [0, 0.1) is 11.6 Å². The number of hydrogen-bond acceptors (Lipinski definition) is 2. The van der Waals surface area contributed by atoms with E-state index in [1.54, 1.807) is 0 Å². The number of rotatable bonds is 4. The van der Waals surface area contributed by atoms with Gasteiger partial charge in [0, 0.05) is 23.7 Å². The molecule has 0 unspecified atom stereocenters. The van der Waals surface area contributed by atoms with Crippen molar-refractivity contribution >= 4 is 11.0 Å². The number of benzene rings is 1. The number of furan rings is 1. The molecule has 0 bridgehead atoms. The van der Waals surface area contributed by atoms with E-state index >= 15 is 0 Å². The predicted octanol–water partition coefficient (Wildman–Crippen LogP) is 4.33. The molecule has 1 aromatic carbocycles. The molecule has 4 heteroatoms. The van der Waals surface area contributed by atoms with Gasteiger partial charge >= 0.3 is 0 Å². The van der Waals surface area contributed by atoms with Gasteiger partial charge in [0.25, 0.3) is 0 Å². The van der Waals surface area contributed by atoms with Crippen LogP contribution in [0.3, 0.4) is 0 Å². The standard InChI is InChI=1S/C15H19F2NO/c1-8(2)14-13(7-18-9(3)4)19-12-6-10(16)5-11(17)15(12)14/h5-6,8-9,18H,7H2,1-4H3. The highest BCUT2D eigenvalue weighted by molar-refractivity contribution is 5.83. The van der Waals surface area contributed by atoms with Crippen molar-refractivity contribution in [3.8, 4) is 0 Å². The second-order valence-electron chi connectivity index (χ2n) is 5.39. The van der Waals surface area contributed by atoms with E-state index in [2.05, 4.69) is 5.32 Å². The van der Waals surface area contributed by atoms with Crippen LogP contribution >= 0.6 is 0 Å². The fourth-order valence-corrected chi connectivity index (χ4v) is 2.26. The van der Waals surface area contributed by atoms with Crippen LogP contribution in [0.25, 0.3) is 11.0 Å². The Morgan fingerprint density at radius 3 is 2.42 bits per heavy atom. The molecule has 0 fully saturated rings. The van der Waals surface area contributed by atoms with Crippen molar-refractivity contribution in [3.05, 3.63) is 35.1 Å². The largest absolute Gasteiger partial charge is 0.459 e. The molecule has 0 atom stereocenters. The van der Waals surface area contributed by atoms with Gasteiger partial charge in [0.05, 0.1) is 11.9 Å². The summed E-state index contributed by atoms with van der Waals surface area (Å²) in [6.07, 6.45) is 0. The van der Waals surface area contributed by atoms with E-state index in [0.717, 1.165) is 11.6 Å². The average molecular weight is 267 g/mol. The Morgan fingerprint density at radius 2 is 1.84 bits per heavy atom. The summed E-state index contributed by atoms with van der Waals surface area (Å²) < 4.78 is 32.8. The van der Waals surface area contributed by atoms with E-state index in [1.807, 2.05) is 27.7 Å². The van der Waals surface area contributed by atoms with Crippen molar-refractivity contribution in [3.63, 3.8) is 0 Å². The van der Waals surface area contributed by atoms with Crippen LogP contribution in [0.1, 0.15) is 44.9 Å². The minimum atomic E-state index is -0.613. The van der Waals surface area contributed by atoms with E-state index in [0.29, 0.717) is 23.7 Å². The zero-order valence-corrected chi connectivity index (χ0v) is 11.7. The molecular formula is C15H19F2NO. The summed E-state index contributed by atoms with van der Waals surface area (Å²) in [5.41, 5.74) is 1.10. The molecule has 104 valence electrons. The van der Waals surface area contributed by atoms with Crippen LogP contribution in [0.4, 0.5) is 8.78 Å². The molecule has 0 aliphatic carbocycles. The lowest BCUT2D eigenvalue weighted by Crippen LogP contribution is -2.22. The molecule has 0 radical (unpaired) electrons. The molecule has 0 aliphatic heterocycles. The van der Waals surface area contributed by atoms with E-state index in [4.69, 9.17) is 4.42 Å². The van der Waals surface area contributed by atoms with Crippen LogP contribution in [-0.4, -0.2) is 6.04 Å². The van der Waals surface area contributed by atoms with Crippen LogP contribution in [0.5, 0.6) is 0 Å². The zero-order chi connectivity index (χ0) is 14.2. The maximum Gasteiger partial charge on any atom is 0.140 e. The zero-order valence-electron chi connectivity index (χ0n) is 11.7. The van der Waals surface area contributed by atoms with Crippen molar-refractivity contribution in [2.24, 2.45) is 0 Å². The maximum atomic E-state index is 14.0. The first-order valence-electron chi connectivity index (χ1n) is 6.53. The predicted molar refractivity (Wildman–Crippen MR) is 72.2 cm³/mol. The van der Waals surface area contributed by atoms with Crippen molar-refractivity contribution in [2.75, 3.05) is 0 Å². The molecule has 1 N–H and O–H groups in total. The summed E-state index contributed by atoms with van der Waals surface area (Å²) >= 11 is 0. The van der Waals surface area contributed by atoms with Gasteiger partial charge in [-0.3, -0.25) is 0 Å². The number of halogens is 2. The van der Waals surface area contributed by atoms with E-state index in [9.17, 15) is 8.78 Å². The topological polar surface area (TPSA) is 25.2 Å². The SMILES string of the molecule is CC(C)NCc1oc2cc(F)cc(F)c2c1C(C)C. The van der Waals surface area contributed by atoms with Crippen LogP contribution in [-0.2, 0) is 6.54 Å². The second-order valence-corrected chi connectivity index (χ2v) is 5.39. The highest BCUT2D eigenvalue weighted by atomic mass is 19.1. The van der Waals surface area contributed by atoms with Gasteiger partial charge in [-0.25, -0.2) is 8.78 Å². The molecule has 2 rings (SSSR count). The van der Waals surface area contributed by atoms with E-state index in [-0.39, 0.29) is 11.5 Å². The lowest BCUT2D eigenvalue weighted by Gasteiger charge is -2.10. The van der Waals surface area contributed by atoms with Crippen molar-refractivity contribution in [1.82, 2.24) is 5.32 Å². The molecule has 0 aliphatic rings. The average Bonchev–Trinajstić information content (AvgIpc) is 2.64. The van der Waals surface area contributed by atoms with Gasteiger partial charge in [-0.05, 0) is 5.92 Å². The first kappa shape index (κ1) is 14.0. The Morgan fingerprint density at radius 1 is 1.16 bits per heavy atom. The molecule has 19 heavy (non-hydrogen) atoms. The third-order valence-electron chi connectivity index (χ3n) is 3.07. The Balaban J connectivity index is 2.57. The Labute approximate surface area is 111 Å². The lowest BCUT2D eigenvalue weighted by molar-refractivity contribution is 0.479. The van der Waals surface area contributed by atoms with Crippen molar-refractivity contribution in [1.29, 1.82) is 0 Å². The molecule has 1 heterocycles. The van der Waals surface area contributed by atoms with Crippen molar-refractivity contribution < 1.29 is 13.2 Å². The Bertz CT molecular complexity index is 587. The molecule has 2 nitrogen and oxygen atoms in total. The third kappa shape index (κ3) is 2.78. The minimum Gasteiger partial charge on any atom is -0.459 e. The molecule has 0 saturated carbocycles. The Hall–Kier alpha value is -1.42. The van der Waals surface area contributed by atoms with Gasteiger partial charge in [-0.1, -0.05) is 27.7 Å². The summed E-state index contributed by atoms with van der Waals surface area (Å²) in [4.78, 5) is 0. The van der Waals surface area contributed by atoms with Gasteiger partial charge in [0.15, 0.2) is 0 Å². The summed E-state index contributed by atoms with van der Waals surface area (Å²) in [5.74, 6) is -0.371. The molecule has 0 spiro atoms. The highest BCUT2D eigenvalue weighted by Crippen LogP contribution is 2.34. The maximum absolute atomic E-state index is 14.0. The molecule has 2 aromatic rings. The van der Waals surface area contributed by atoms with Gasteiger partial charge < -0.3 is 9.73 Å². The first-order valence-corrected chi connectivity index (χ1v) is 6.53. The fourth-order valence-electron chi connectivity index (χ4n) is 2.26. The van der Waals surface area contributed by atoms with E-state index < -0.39 is 11.6 Å². The number of hydrogen-bond donors (Lipinski definition) is 1. The van der Waals surface area contributed by atoms with E-state index in [1.165, 1.54) is 6.07 Å². The second kappa shape index (κ2) is 5.29. The van der Waals surface area contributed by atoms with Gasteiger partial charge in [-0.15, -0.1) is 0 Å². The van der Waals surface area contributed by atoms with Crippen LogP contribution < -0.4 is 5.32 Å². The smallest absolute Gasteiger partial charge is 0.140 e. The number of fused-ring (bicyclic) bond motifs is 1. The normalized spacial score (nSPS) is 12.0.